The van der Waals surface area contributed by atoms with Crippen molar-refractivity contribution in [1.29, 1.82) is 0 Å². The van der Waals surface area contributed by atoms with E-state index in [1.165, 1.54) is 6.92 Å². The molecule has 9 nitrogen and oxygen atoms in total. The molecule has 0 aromatic carbocycles. The Morgan fingerprint density at radius 1 is 1.38 bits per heavy atom. The Balaban J connectivity index is 3.00. The maximum atomic E-state index is 12.0. The molecule has 1 aromatic heterocycles. The number of carbonyl (C=O) groups is 1. The summed E-state index contributed by atoms with van der Waals surface area (Å²) in [7, 11) is -7.65. The minimum absolute atomic E-state index is 0.0877. The first kappa shape index (κ1) is 17.8. The second-order valence-electron chi connectivity index (χ2n) is 4.36. The molecule has 12 heteroatoms. The summed E-state index contributed by atoms with van der Waals surface area (Å²) >= 11 is 0.426. The molecular weight excluding hydrogens is 344 g/mol. The molecule has 0 fully saturated rings. The van der Waals surface area contributed by atoms with Gasteiger partial charge in [0.2, 0.25) is 0 Å². The average Bonchev–Trinajstić information content (AvgIpc) is 2.63. The Labute approximate surface area is 125 Å². The molecule has 3 N–H and O–H groups in total. The number of carboxylic acid groups (broad SMARTS) is 1. The zero-order chi connectivity index (χ0) is 16.4. The number of hydrogen-bond acceptors (Lipinski definition) is 7. The number of nitrogens with one attached hydrogen (secondary N) is 2. The summed E-state index contributed by atoms with van der Waals surface area (Å²) in [5.41, 5.74) is 0.0877. The molecule has 0 aliphatic carbocycles. The van der Waals surface area contributed by atoms with E-state index in [-0.39, 0.29) is 9.90 Å². The van der Waals surface area contributed by atoms with Crippen LogP contribution in [-0.2, 0) is 24.7 Å². The number of carboxylic acids is 1. The molecule has 0 radical (unpaired) electrons. The van der Waals surface area contributed by atoms with Crippen molar-refractivity contribution in [2.45, 2.75) is 23.6 Å². The highest BCUT2D eigenvalue weighted by molar-refractivity contribution is 7.91. The first-order valence-corrected chi connectivity index (χ1v) is 9.91. The fraction of sp³-hybridized carbons (Fsp3) is 0.556. The lowest BCUT2D eigenvalue weighted by atomic mass is 10.2. The van der Waals surface area contributed by atoms with Crippen molar-refractivity contribution in [2.24, 2.45) is 0 Å². The lowest BCUT2D eigenvalue weighted by molar-refractivity contribution is -0.139. The largest absolute Gasteiger partial charge is 0.480 e. The van der Waals surface area contributed by atoms with E-state index in [4.69, 9.17) is 5.11 Å². The Kier molecular flexibility index (Phi) is 5.30. The third-order valence-electron chi connectivity index (χ3n) is 2.40. The monoisotopic (exact) mass is 358 g/mol. The number of rotatable bonds is 7. The first-order chi connectivity index (χ1) is 9.42. The minimum Gasteiger partial charge on any atom is -0.480 e. The van der Waals surface area contributed by atoms with Gasteiger partial charge in [-0.1, -0.05) is 11.3 Å². The molecule has 21 heavy (non-hydrogen) atoms. The summed E-state index contributed by atoms with van der Waals surface area (Å²) < 4.78 is 47.7. The summed E-state index contributed by atoms with van der Waals surface area (Å²) in [5, 5.41) is 8.97. The first-order valence-electron chi connectivity index (χ1n) is 5.55. The van der Waals surface area contributed by atoms with Gasteiger partial charge in [-0.25, -0.2) is 16.8 Å². The third kappa shape index (κ3) is 5.22. The highest BCUT2D eigenvalue weighted by Gasteiger charge is 2.28. The van der Waals surface area contributed by atoms with Crippen LogP contribution in [0.15, 0.2) is 9.00 Å². The van der Waals surface area contributed by atoms with Crippen molar-refractivity contribution in [3.05, 3.63) is 15.4 Å². The zero-order valence-corrected chi connectivity index (χ0v) is 13.6. The van der Waals surface area contributed by atoms with Gasteiger partial charge in [-0.05, 0) is 13.3 Å². The molecule has 120 valence electrons. The molecule has 0 spiro atoms. The number of sulfonamides is 1. The lowest BCUT2D eigenvalue weighted by Crippen LogP contribution is -2.41. The fourth-order valence-corrected chi connectivity index (χ4v) is 4.66. The standard InChI is InChI=1S/C9H14N2O7S3/c1-5-8(19-9(14)10-5)21(17,18)11-6(7(12)13)3-4-20(2,15)16/h6,11H,3-4H2,1-2H3,(H,10,14)(H,12,13). The highest BCUT2D eigenvalue weighted by Crippen LogP contribution is 2.16. The van der Waals surface area contributed by atoms with E-state index < -0.39 is 48.9 Å². The van der Waals surface area contributed by atoms with Crippen LogP contribution < -0.4 is 9.60 Å². The van der Waals surface area contributed by atoms with Gasteiger partial charge in [-0.3, -0.25) is 9.59 Å². The Morgan fingerprint density at radius 2 is 1.95 bits per heavy atom. The molecule has 0 amide bonds. The molecule has 1 aromatic rings. The second kappa shape index (κ2) is 6.25. The van der Waals surface area contributed by atoms with Crippen molar-refractivity contribution in [1.82, 2.24) is 9.71 Å². The highest BCUT2D eigenvalue weighted by atomic mass is 32.2. The predicted octanol–water partition coefficient (Wildman–Crippen LogP) is -1.09. The van der Waals surface area contributed by atoms with Crippen molar-refractivity contribution in [3.8, 4) is 0 Å². The zero-order valence-electron chi connectivity index (χ0n) is 11.1. The van der Waals surface area contributed by atoms with Crippen LogP contribution in [0.3, 0.4) is 0 Å². The van der Waals surface area contributed by atoms with Gasteiger partial charge < -0.3 is 10.1 Å². The molecule has 0 aliphatic rings. The van der Waals surface area contributed by atoms with Crippen LogP contribution in [0, 0.1) is 6.92 Å². The van der Waals surface area contributed by atoms with E-state index in [9.17, 15) is 26.4 Å². The van der Waals surface area contributed by atoms with E-state index in [0.717, 1.165) is 6.26 Å². The molecule has 1 heterocycles. The summed E-state index contributed by atoms with van der Waals surface area (Å²) in [5.74, 6) is -1.97. The molecular formula is C9H14N2O7S3. The summed E-state index contributed by atoms with van der Waals surface area (Å²) in [6, 6.07) is -1.60. The van der Waals surface area contributed by atoms with Gasteiger partial charge >= 0.3 is 10.8 Å². The van der Waals surface area contributed by atoms with Crippen LogP contribution in [0.25, 0.3) is 0 Å². The number of aliphatic carboxylic acids is 1. The van der Waals surface area contributed by atoms with Crippen LogP contribution in [0.5, 0.6) is 0 Å². The van der Waals surface area contributed by atoms with E-state index >= 15 is 0 Å². The number of thiazole rings is 1. The van der Waals surface area contributed by atoms with E-state index in [2.05, 4.69) is 4.98 Å². The third-order valence-corrected chi connectivity index (χ3v) is 6.45. The molecule has 0 bridgehead atoms. The maximum absolute atomic E-state index is 12.0. The minimum atomic E-state index is -4.22. The number of aryl methyl sites for hydroxylation is 1. The summed E-state index contributed by atoms with van der Waals surface area (Å²) in [6.07, 6.45) is 0.508. The lowest BCUT2D eigenvalue weighted by Gasteiger charge is -2.13. The van der Waals surface area contributed by atoms with Crippen LogP contribution in [0.1, 0.15) is 12.1 Å². The number of aromatic amines is 1. The quantitative estimate of drug-likeness (QED) is 0.560. The van der Waals surface area contributed by atoms with Crippen LogP contribution in [0.2, 0.25) is 0 Å². The Morgan fingerprint density at radius 3 is 2.33 bits per heavy atom. The summed E-state index contributed by atoms with van der Waals surface area (Å²) in [6.45, 7) is 1.36. The topological polar surface area (TPSA) is 150 Å². The van der Waals surface area contributed by atoms with Gasteiger partial charge in [-0.15, -0.1) is 0 Å². The van der Waals surface area contributed by atoms with Gasteiger partial charge in [0.15, 0.2) is 4.21 Å². The van der Waals surface area contributed by atoms with Gasteiger partial charge in [0, 0.05) is 11.9 Å². The SMILES string of the molecule is Cc1[nH]c(=O)sc1S(=O)(=O)NC(CCS(C)(=O)=O)C(=O)O. The van der Waals surface area contributed by atoms with E-state index in [1.807, 2.05) is 4.72 Å². The van der Waals surface area contributed by atoms with Crippen molar-refractivity contribution >= 4 is 37.2 Å². The number of H-pyrrole nitrogens is 1. The number of hydrogen-bond donors (Lipinski definition) is 3. The van der Waals surface area contributed by atoms with Gasteiger partial charge in [0.1, 0.15) is 15.9 Å². The van der Waals surface area contributed by atoms with Gasteiger partial charge in [0.25, 0.3) is 10.0 Å². The number of sulfone groups is 1. The molecule has 0 aliphatic heterocycles. The normalized spacial score (nSPS) is 14.0. The van der Waals surface area contributed by atoms with Gasteiger partial charge in [0.05, 0.1) is 5.75 Å². The predicted molar refractivity (Wildman–Crippen MR) is 75.7 cm³/mol. The van der Waals surface area contributed by atoms with Crippen LogP contribution in [-0.4, -0.2) is 50.9 Å². The number of aromatic nitrogens is 1. The molecule has 0 saturated heterocycles. The smallest absolute Gasteiger partial charge is 0.321 e. The molecule has 1 rings (SSSR count). The van der Waals surface area contributed by atoms with Gasteiger partial charge in [-0.2, -0.15) is 4.72 Å². The molecule has 1 atom stereocenters. The van der Waals surface area contributed by atoms with Crippen molar-refractivity contribution in [2.75, 3.05) is 12.0 Å². The van der Waals surface area contributed by atoms with Crippen LogP contribution in [0.4, 0.5) is 0 Å². The maximum Gasteiger partial charge on any atom is 0.321 e. The summed E-state index contributed by atoms with van der Waals surface area (Å²) in [4.78, 5) is 23.8. The fourth-order valence-electron chi connectivity index (χ4n) is 1.45. The Hall–Kier alpha value is -1.24. The van der Waals surface area contributed by atoms with E-state index in [1.54, 1.807) is 0 Å². The van der Waals surface area contributed by atoms with Crippen molar-refractivity contribution in [3.63, 3.8) is 0 Å². The average molecular weight is 358 g/mol. The van der Waals surface area contributed by atoms with Crippen LogP contribution >= 0.6 is 11.3 Å². The molecule has 1 unspecified atom stereocenters. The van der Waals surface area contributed by atoms with Crippen molar-refractivity contribution < 1.29 is 26.7 Å². The second-order valence-corrected chi connectivity index (χ2v) is 9.51. The Bertz CT molecular complexity index is 788. The van der Waals surface area contributed by atoms with E-state index in [0.29, 0.717) is 11.3 Å². The molecule has 0 saturated carbocycles.